The van der Waals surface area contributed by atoms with E-state index in [4.69, 9.17) is 0 Å². The zero-order valence-corrected chi connectivity index (χ0v) is 10.9. The van der Waals surface area contributed by atoms with Gasteiger partial charge in [-0.3, -0.25) is 4.98 Å². The SMILES string of the molecule is Cn1ccc(-c2cc(C(=O)O)c3c(n2)CCCC3)c1. The molecule has 3 rings (SSSR count). The predicted molar refractivity (Wildman–Crippen MR) is 72.2 cm³/mol. The topological polar surface area (TPSA) is 55.1 Å². The van der Waals surface area contributed by atoms with Crippen molar-refractivity contribution < 1.29 is 9.90 Å². The van der Waals surface area contributed by atoms with Gasteiger partial charge in [-0.2, -0.15) is 0 Å². The molecule has 0 radical (unpaired) electrons. The molecule has 0 aliphatic heterocycles. The molecule has 0 saturated carbocycles. The maximum absolute atomic E-state index is 11.4. The molecule has 19 heavy (non-hydrogen) atoms. The third kappa shape index (κ3) is 2.14. The number of carboxylic acid groups (broad SMARTS) is 1. The molecule has 0 atom stereocenters. The van der Waals surface area contributed by atoms with Crippen LogP contribution in [0.2, 0.25) is 0 Å². The number of carboxylic acids is 1. The summed E-state index contributed by atoms with van der Waals surface area (Å²) in [6.45, 7) is 0. The maximum Gasteiger partial charge on any atom is 0.336 e. The lowest BCUT2D eigenvalue weighted by atomic mass is 9.91. The summed E-state index contributed by atoms with van der Waals surface area (Å²) < 4.78 is 1.94. The van der Waals surface area contributed by atoms with E-state index in [0.717, 1.165) is 48.2 Å². The molecular formula is C15H16N2O2. The van der Waals surface area contributed by atoms with E-state index in [1.165, 1.54) is 0 Å². The average Bonchev–Trinajstić information content (AvgIpc) is 2.84. The van der Waals surface area contributed by atoms with E-state index >= 15 is 0 Å². The van der Waals surface area contributed by atoms with Gasteiger partial charge in [-0.05, 0) is 43.4 Å². The number of rotatable bonds is 2. The number of carbonyl (C=O) groups is 1. The van der Waals surface area contributed by atoms with Crippen LogP contribution in [0.1, 0.15) is 34.5 Å². The molecule has 2 aromatic rings. The first-order chi connectivity index (χ1) is 9.15. The summed E-state index contributed by atoms with van der Waals surface area (Å²) in [5.74, 6) is -0.849. The average molecular weight is 256 g/mol. The van der Waals surface area contributed by atoms with Crippen LogP contribution in [0, 0.1) is 0 Å². The van der Waals surface area contributed by atoms with Crippen molar-refractivity contribution in [1.29, 1.82) is 0 Å². The normalized spacial score (nSPS) is 14.2. The first-order valence-electron chi connectivity index (χ1n) is 6.53. The zero-order valence-electron chi connectivity index (χ0n) is 10.9. The van der Waals surface area contributed by atoms with Crippen molar-refractivity contribution >= 4 is 5.97 Å². The van der Waals surface area contributed by atoms with Gasteiger partial charge in [-0.25, -0.2) is 4.79 Å². The fourth-order valence-electron chi connectivity index (χ4n) is 2.70. The second-order valence-corrected chi connectivity index (χ2v) is 5.06. The Morgan fingerprint density at radius 1 is 1.37 bits per heavy atom. The highest BCUT2D eigenvalue weighted by Crippen LogP contribution is 2.28. The summed E-state index contributed by atoms with van der Waals surface area (Å²) >= 11 is 0. The minimum atomic E-state index is -0.849. The van der Waals surface area contributed by atoms with Gasteiger partial charge >= 0.3 is 5.97 Å². The summed E-state index contributed by atoms with van der Waals surface area (Å²) in [5.41, 5.74) is 4.05. The van der Waals surface area contributed by atoms with Crippen LogP contribution >= 0.6 is 0 Å². The van der Waals surface area contributed by atoms with Gasteiger partial charge in [0.25, 0.3) is 0 Å². The van der Waals surface area contributed by atoms with Crippen LogP contribution in [0.15, 0.2) is 24.5 Å². The fraction of sp³-hybridized carbons (Fsp3) is 0.333. The van der Waals surface area contributed by atoms with Gasteiger partial charge in [0.05, 0.1) is 11.3 Å². The Hall–Kier alpha value is -2.10. The minimum Gasteiger partial charge on any atom is -0.478 e. The predicted octanol–water partition coefficient (Wildman–Crippen LogP) is 2.66. The monoisotopic (exact) mass is 256 g/mol. The molecule has 0 amide bonds. The van der Waals surface area contributed by atoms with Gasteiger partial charge in [-0.15, -0.1) is 0 Å². The molecule has 0 spiro atoms. The number of pyridine rings is 1. The van der Waals surface area contributed by atoms with Crippen LogP contribution in [-0.2, 0) is 19.9 Å². The van der Waals surface area contributed by atoms with Crippen LogP contribution in [0.3, 0.4) is 0 Å². The summed E-state index contributed by atoms with van der Waals surface area (Å²) in [4.78, 5) is 16.1. The Kier molecular flexibility index (Phi) is 2.85. The standard InChI is InChI=1S/C15H16N2O2/c1-17-7-6-10(9-17)14-8-12(15(18)19)11-4-2-3-5-13(11)16-14/h6-9H,2-5H2,1H3,(H,18,19). The Bertz CT molecular complexity index is 644. The van der Waals surface area contributed by atoms with Crippen LogP contribution < -0.4 is 0 Å². The fourth-order valence-corrected chi connectivity index (χ4v) is 2.70. The van der Waals surface area contributed by atoms with Crippen LogP contribution in [0.5, 0.6) is 0 Å². The van der Waals surface area contributed by atoms with Crippen molar-refractivity contribution in [2.24, 2.45) is 7.05 Å². The highest BCUT2D eigenvalue weighted by Gasteiger charge is 2.20. The highest BCUT2D eigenvalue weighted by atomic mass is 16.4. The lowest BCUT2D eigenvalue weighted by Crippen LogP contribution is -2.13. The van der Waals surface area contributed by atoms with Crippen molar-refractivity contribution in [3.8, 4) is 11.3 Å². The lowest BCUT2D eigenvalue weighted by Gasteiger charge is -2.18. The summed E-state index contributed by atoms with van der Waals surface area (Å²) in [7, 11) is 1.94. The second kappa shape index (κ2) is 4.53. The van der Waals surface area contributed by atoms with E-state index in [1.807, 2.05) is 30.1 Å². The van der Waals surface area contributed by atoms with Gasteiger partial charge in [0.15, 0.2) is 0 Å². The number of aromatic nitrogens is 2. The molecule has 2 aromatic heterocycles. The molecule has 1 N–H and O–H groups in total. The second-order valence-electron chi connectivity index (χ2n) is 5.06. The molecule has 0 fully saturated rings. The molecule has 4 heteroatoms. The molecular weight excluding hydrogens is 240 g/mol. The third-order valence-corrected chi connectivity index (χ3v) is 3.66. The highest BCUT2D eigenvalue weighted by molar-refractivity contribution is 5.91. The van der Waals surface area contributed by atoms with Crippen molar-refractivity contribution in [2.45, 2.75) is 25.7 Å². The largest absolute Gasteiger partial charge is 0.478 e. The van der Waals surface area contributed by atoms with Crippen molar-refractivity contribution in [1.82, 2.24) is 9.55 Å². The van der Waals surface area contributed by atoms with E-state index in [1.54, 1.807) is 6.07 Å². The van der Waals surface area contributed by atoms with E-state index in [-0.39, 0.29) is 0 Å². The smallest absolute Gasteiger partial charge is 0.336 e. The molecule has 4 nitrogen and oxygen atoms in total. The Balaban J connectivity index is 2.16. The number of aryl methyl sites for hydroxylation is 2. The number of hydrogen-bond acceptors (Lipinski definition) is 2. The molecule has 98 valence electrons. The third-order valence-electron chi connectivity index (χ3n) is 3.66. The summed E-state index contributed by atoms with van der Waals surface area (Å²) in [6, 6.07) is 3.67. The van der Waals surface area contributed by atoms with Crippen LogP contribution in [0.4, 0.5) is 0 Å². The van der Waals surface area contributed by atoms with Gasteiger partial charge < -0.3 is 9.67 Å². The molecule has 0 saturated heterocycles. The molecule has 0 bridgehead atoms. The molecule has 2 heterocycles. The van der Waals surface area contributed by atoms with E-state index in [2.05, 4.69) is 4.98 Å². The summed E-state index contributed by atoms with van der Waals surface area (Å²) in [6.07, 6.45) is 7.77. The molecule has 1 aliphatic carbocycles. The molecule has 0 unspecified atom stereocenters. The first kappa shape index (κ1) is 12.0. The van der Waals surface area contributed by atoms with Gasteiger partial charge in [-0.1, -0.05) is 0 Å². The van der Waals surface area contributed by atoms with Crippen molar-refractivity contribution in [3.63, 3.8) is 0 Å². The first-order valence-corrected chi connectivity index (χ1v) is 6.53. The Morgan fingerprint density at radius 2 is 2.16 bits per heavy atom. The molecule has 1 aliphatic rings. The molecule has 0 aromatic carbocycles. The quantitative estimate of drug-likeness (QED) is 0.898. The number of nitrogens with zero attached hydrogens (tertiary/aromatic N) is 2. The van der Waals surface area contributed by atoms with Crippen molar-refractivity contribution in [3.05, 3.63) is 41.3 Å². The minimum absolute atomic E-state index is 0.420. The van der Waals surface area contributed by atoms with E-state index < -0.39 is 5.97 Å². The van der Waals surface area contributed by atoms with Gasteiger partial charge in [0, 0.05) is 30.7 Å². The van der Waals surface area contributed by atoms with Crippen LogP contribution in [0.25, 0.3) is 11.3 Å². The number of fused-ring (bicyclic) bond motifs is 1. The van der Waals surface area contributed by atoms with Gasteiger partial charge in [0.1, 0.15) is 0 Å². The lowest BCUT2D eigenvalue weighted by molar-refractivity contribution is 0.0695. The van der Waals surface area contributed by atoms with Crippen molar-refractivity contribution in [2.75, 3.05) is 0 Å². The zero-order chi connectivity index (χ0) is 13.4. The Labute approximate surface area is 111 Å². The summed E-state index contributed by atoms with van der Waals surface area (Å²) in [5, 5.41) is 9.38. The van der Waals surface area contributed by atoms with E-state index in [0.29, 0.717) is 5.56 Å². The number of hydrogen-bond donors (Lipinski definition) is 1. The van der Waals surface area contributed by atoms with Gasteiger partial charge in [0.2, 0.25) is 0 Å². The van der Waals surface area contributed by atoms with Crippen LogP contribution in [-0.4, -0.2) is 20.6 Å². The Morgan fingerprint density at radius 3 is 2.84 bits per heavy atom. The number of aromatic carboxylic acids is 1. The van der Waals surface area contributed by atoms with E-state index in [9.17, 15) is 9.90 Å². The maximum atomic E-state index is 11.4.